The van der Waals surface area contributed by atoms with Gasteiger partial charge in [0, 0.05) is 18.0 Å². The first-order valence-corrected chi connectivity index (χ1v) is 12.0. The van der Waals surface area contributed by atoms with Crippen molar-refractivity contribution < 1.29 is 28.8 Å². The van der Waals surface area contributed by atoms with Gasteiger partial charge in [-0.3, -0.25) is 44.6 Å². The van der Waals surface area contributed by atoms with E-state index in [4.69, 9.17) is 0 Å². The summed E-state index contributed by atoms with van der Waals surface area (Å²) in [7, 11) is 0. The van der Waals surface area contributed by atoms with Crippen LogP contribution >= 0.6 is 0 Å². The van der Waals surface area contributed by atoms with Crippen molar-refractivity contribution in [1.82, 2.24) is 15.8 Å². The van der Waals surface area contributed by atoms with Gasteiger partial charge in [-0.05, 0) is 54.6 Å². The number of carbonyl (C=O) groups excluding carboxylic acids is 6. The third-order valence-corrected chi connectivity index (χ3v) is 6.48. The van der Waals surface area contributed by atoms with Gasteiger partial charge in [0.25, 0.3) is 35.4 Å². The van der Waals surface area contributed by atoms with Crippen molar-refractivity contribution >= 4 is 46.8 Å². The summed E-state index contributed by atoms with van der Waals surface area (Å²) in [6, 6.07) is 19.4. The van der Waals surface area contributed by atoms with Gasteiger partial charge in [-0.2, -0.15) is 0 Å². The van der Waals surface area contributed by atoms with Gasteiger partial charge in [0.1, 0.15) is 0 Å². The van der Waals surface area contributed by atoms with Gasteiger partial charge in [0.15, 0.2) is 0 Å². The van der Waals surface area contributed by atoms with Crippen LogP contribution in [-0.2, 0) is 0 Å². The molecule has 0 saturated carbocycles. The zero-order valence-corrected chi connectivity index (χ0v) is 20.5. The Kier molecular flexibility index (Phi) is 5.73. The quantitative estimate of drug-likeness (QED) is 0.304. The second kappa shape index (κ2) is 9.40. The minimum Gasteiger partial charge on any atom is -0.268 e. The minimum atomic E-state index is -0.825. The van der Waals surface area contributed by atoms with Gasteiger partial charge in [0.05, 0.1) is 39.2 Å². The highest BCUT2D eigenvalue weighted by Gasteiger charge is 2.40. The maximum absolute atomic E-state index is 13.2. The highest BCUT2D eigenvalue weighted by atomic mass is 16.2. The van der Waals surface area contributed by atoms with Crippen LogP contribution in [0.3, 0.4) is 0 Å². The molecule has 0 atom stereocenters. The predicted octanol–water partition coefficient (Wildman–Crippen LogP) is 2.76. The predicted molar refractivity (Wildman–Crippen MR) is 141 cm³/mol. The topological polar surface area (TPSA) is 146 Å². The van der Waals surface area contributed by atoms with Gasteiger partial charge in [0.2, 0.25) is 0 Å². The minimum absolute atomic E-state index is 0.0380. The average Bonchev–Trinajstić information content (AvgIpc) is 3.40. The number of hydrogen-bond donors (Lipinski definition) is 2. The van der Waals surface area contributed by atoms with Crippen molar-refractivity contribution in [2.45, 2.75) is 0 Å². The van der Waals surface area contributed by atoms with Crippen LogP contribution in [0.4, 0.5) is 11.4 Å². The lowest BCUT2D eigenvalue weighted by Crippen LogP contribution is -2.42. The Labute approximate surface area is 226 Å². The van der Waals surface area contributed by atoms with Crippen LogP contribution in [0.5, 0.6) is 0 Å². The molecule has 2 aliphatic heterocycles. The molecule has 3 heterocycles. The smallest absolute Gasteiger partial charge is 0.268 e. The molecule has 11 heteroatoms. The summed E-state index contributed by atoms with van der Waals surface area (Å²) in [6.45, 7) is 0. The summed E-state index contributed by atoms with van der Waals surface area (Å²) in [6.07, 6.45) is 2.80. The normalized spacial score (nSPS) is 13.8. The molecule has 6 amide bonds. The Balaban J connectivity index is 1.39. The Morgan fingerprint density at radius 3 is 1.38 bits per heavy atom. The van der Waals surface area contributed by atoms with E-state index in [1.54, 1.807) is 30.3 Å². The monoisotopic (exact) mass is 531 g/mol. The molecule has 0 fully saturated rings. The molecular weight excluding hydrogens is 514 g/mol. The van der Waals surface area contributed by atoms with Crippen LogP contribution in [-0.4, -0.2) is 40.4 Å². The molecule has 0 spiro atoms. The second-order valence-electron chi connectivity index (χ2n) is 8.87. The number of benzene rings is 3. The first kappa shape index (κ1) is 24.4. The molecule has 0 bridgehead atoms. The summed E-state index contributed by atoms with van der Waals surface area (Å²) in [5.74, 6) is -3.98. The molecule has 2 aliphatic rings. The molecule has 0 unspecified atom stereocenters. The molecule has 2 N–H and O–H groups in total. The van der Waals surface area contributed by atoms with E-state index < -0.39 is 35.4 Å². The van der Waals surface area contributed by atoms with E-state index in [1.165, 1.54) is 60.9 Å². The second-order valence-corrected chi connectivity index (χ2v) is 8.87. The van der Waals surface area contributed by atoms with Crippen molar-refractivity contribution in [2.75, 3.05) is 9.80 Å². The van der Waals surface area contributed by atoms with Crippen LogP contribution in [0.1, 0.15) is 62.1 Å². The van der Waals surface area contributed by atoms with Crippen molar-refractivity contribution in [3.63, 3.8) is 0 Å². The number of hydrogen-bond acceptors (Lipinski definition) is 7. The molecule has 11 nitrogen and oxygen atoms in total. The molecule has 0 radical (unpaired) electrons. The lowest BCUT2D eigenvalue weighted by Gasteiger charge is -2.20. The number of amides is 6. The number of carbonyl (C=O) groups is 6. The molecule has 194 valence electrons. The van der Waals surface area contributed by atoms with Crippen LogP contribution in [0.15, 0.2) is 91.3 Å². The average molecular weight is 531 g/mol. The SMILES string of the molecule is O=C(NNC(=O)c1cc(N2C(=O)c3ccccc3C2=O)cc(N2C(=O)c3ccccc3C2=O)c1)c1cccnc1. The van der Waals surface area contributed by atoms with Crippen molar-refractivity contribution in [1.29, 1.82) is 0 Å². The number of fused-ring (bicyclic) bond motifs is 2. The summed E-state index contributed by atoms with van der Waals surface area (Å²) in [4.78, 5) is 83.9. The molecule has 6 rings (SSSR count). The van der Waals surface area contributed by atoms with Crippen LogP contribution in [0.2, 0.25) is 0 Å². The third-order valence-electron chi connectivity index (χ3n) is 6.48. The number of hydrazine groups is 1. The standard InChI is InChI=1S/C29H17N5O6/c35-24(16-6-5-11-30-15-16)31-32-25(36)17-12-18(33-26(37)20-7-1-2-8-21(20)27(33)38)14-19(13-17)34-28(39)22-9-3-4-10-23(22)29(34)40/h1-15H,(H,31,35)(H,32,36). The van der Waals surface area contributed by atoms with Gasteiger partial charge >= 0.3 is 0 Å². The molecule has 4 aromatic rings. The number of nitrogens with one attached hydrogen (secondary N) is 2. The Hall–Kier alpha value is -5.97. The summed E-state index contributed by atoms with van der Waals surface area (Å²) >= 11 is 0. The summed E-state index contributed by atoms with van der Waals surface area (Å²) < 4.78 is 0. The van der Waals surface area contributed by atoms with E-state index in [1.807, 2.05) is 0 Å². The highest BCUT2D eigenvalue weighted by molar-refractivity contribution is 6.36. The maximum atomic E-state index is 13.2. The number of nitrogens with zero attached hydrogens (tertiary/aromatic N) is 3. The summed E-state index contributed by atoms with van der Waals surface area (Å²) in [5, 5.41) is 0. The van der Waals surface area contributed by atoms with E-state index in [-0.39, 0.29) is 44.8 Å². The van der Waals surface area contributed by atoms with Crippen molar-refractivity contribution in [3.8, 4) is 0 Å². The van der Waals surface area contributed by atoms with Crippen molar-refractivity contribution in [3.05, 3.63) is 125 Å². The molecule has 0 aliphatic carbocycles. The number of pyridine rings is 1. The Morgan fingerprint density at radius 2 is 0.975 bits per heavy atom. The first-order chi connectivity index (χ1) is 19.3. The number of imide groups is 2. The lowest BCUT2D eigenvalue weighted by atomic mass is 10.1. The zero-order chi connectivity index (χ0) is 28.0. The molecule has 0 saturated heterocycles. The van der Waals surface area contributed by atoms with Crippen LogP contribution < -0.4 is 20.7 Å². The fourth-order valence-corrected chi connectivity index (χ4v) is 4.59. The van der Waals surface area contributed by atoms with E-state index in [0.29, 0.717) is 0 Å². The van der Waals surface area contributed by atoms with Gasteiger partial charge in [-0.1, -0.05) is 24.3 Å². The van der Waals surface area contributed by atoms with Gasteiger partial charge in [-0.15, -0.1) is 0 Å². The molecule has 40 heavy (non-hydrogen) atoms. The highest BCUT2D eigenvalue weighted by Crippen LogP contribution is 2.35. The summed E-state index contributed by atoms with van der Waals surface area (Å²) in [5.41, 5.74) is 5.21. The van der Waals surface area contributed by atoms with Crippen molar-refractivity contribution in [2.24, 2.45) is 0 Å². The number of aromatic nitrogens is 1. The van der Waals surface area contributed by atoms with Crippen LogP contribution in [0.25, 0.3) is 0 Å². The number of anilines is 2. The molecular formula is C29H17N5O6. The third kappa shape index (κ3) is 3.89. The largest absolute Gasteiger partial charge is 0.271 e. The van der Waals surface area contributed by atoms with E-state index in [9.17, 15) is 28.8 Å². The lowest BCUT2D eigenvalue weighted by molar-refractivity contribution is 0.0846. The fourth-order valence-electron chi connectivity index (χ4n) is 4.59. The van der Waals surface area contributed by atoms with Gasteiger partial charge < -0.3 is 0 Å². The van der Waals surface area contributed by atoms with E-state index in [2.05, 4.69) is 15.8 Å². The Morgan fingerprint density at radius 1 is 0.550 bits per heavy atom. The zero-order valence-electron chi connectivity index (χ0n) is 20.5. The number of rotatable bonds is 4. The molecule has 1 aromatic heterocycles. The van der Waals surface area contributed by atoms with E-state index in [0.717, 1.165) is 9.80 Å². The van der Waals surface area contributed by atoms with E-state index >= 15 is 0 Å². The molecule has 3 aromatic carbocycles. The maximum Gasteiger partial charge on any atom is 0.271 e. The fraction of sp³-hybridized carbons (Fsp3) is 0. The Bertz CT molecular complexity index is 1620. The van der Waals surface area contributed by atoms with Gasteiger partial charge in [-0.25, -0.2) is 9.80 Å². The first-order valence-electron chi connectivity index (χ1n) is 12.0. The van der Waals surface area contributed by atoms with Crippen LogP contribution in [0, 0.1) is 0 Å².